The molecule has 3 rings (SSSR count). The van der Waals surface area contributed by atoms with E-state index in [2.05, 4.69) is 4.98 Å². The molecule has 1 fully saturated rings. The van der Waals surface area contributed by atoms with Crippen LogP contribution >= 0.6 is 34.5 Å². The molecule has 2 aromatic rings. The fourth-order valence-electron chi connectivity index (χ4n) is 2.57. The lowest BCUT2D eigenvalue weighted by Gasteiger charge is -2.16. The van der Waals surface area contributed by atoms with Crippen LogP contribution in [0.2, 0.25) is 10.0 Å². The van der Waals surface area contributed by atoms with Crippen LogP contribution in [-0.2, 0) is 11.2 Å². The molecule has 0 N–H and O–H groups in total. The number of hydrogen-bond acceptors (Lipinski definition) is 4. The van der Waals surface area contributed by atoms with Gasteiger partial charge in [-0.2, -0.15) is 0 Å². The summed E-state index contributed by atoms with van der Waals surface area (Å²) in [5.41, 5.74) is 1.02. The van der Waals surface area contributed by atoms with E-state index >= 15 is 0 Å². The third-order valence-corrected chi connectivity index (χ3v) is 5.19. The highest BCUT2D eigenvalue weighted by Gasteiger charge is 2.27. The van der Waals surface area contributed by atoms with Crippen molar-refractivity contribution in [1.82, 2.24) is 9.88 Å². The SMILES string of the molecule is O=C(CCc1ccc(Cl)c(Cl)c1)N1CCC(Oc2nccs2)C1. The first kappa shape index (κ1) is 16.6. The smallest absolute Gasteiger partial charge is 0.273 e. The summed E-state index contributed by atoms with van der Waals surface area (Å²) < 4.78 is 5.77. The highest BCUT2D eigenvalue weighted by molar-refractivity contribution is 7.11. The van der Waals surface area contributed by atoms with E-state index in [0.717, 1.165) is 18.5 Å². The average molecular weight is 371 g/mol. The molecule has 0 bridgehead atoms. The molecule has 0 radical (unpaired) electrons. The fourth-order valence-corrected chi connectivity index (χ4v) is 3.44. The maximum Gasteiger partial charge on any atom is 0.273 e. The van der Waals surface area contributed by atoms with Gasteiger partial charge in [-0.25, -0.2) is 4.98 Å². The Bertz CT molecular complexity index is 679. The number of carbonyl (C=O) groups excluding carboxylic acids is 1. The van der Waals surface area contributed by atoms with Crippen LogP contribution in [0.15, 0.2) is 29.8 Å². The lowest BCUT2D eigenvalue weighted by Crippen LogP contribution is -2.31. The lowest BCUT2D eigenvalue weighted by molar-refractivity contribution is -0.130. The maximum absolute atomic E-state index is 12.3. The molecule has 1 aliphatic rings. The maximum atomic E-state index is 12.3. The van der Waals surface area contributed by atoms with Crippen LogP contribution < -0.4 is 4.74 Å². The normalized spacial score (nSPS) is 17.5. The van der Waals surface area contributed by atoms with E-state index in [4.69, 9.17) is 27.9 Å². The molecule has 7 heteroatoms. The average Bonchev–Trinajstić information content (AvgIpc) is 3.20. The Hall–Kier alpha value is -1.30. The quantitative estimate of drug-likeness (QED) is 0.796. The highest BCUT2D eigenvalue weighted by atomic mass is 35.5. The molecular weight excluding hydrogens is 355 g/mol. The molecule has 0 saturated carbocycles. The zero-order valence-corrected chi connectivity index (χ0v) is 14.7. The van der Waals surface area contributed by atoms with E-state index in [9.17, 15) is 4.79 Å². The van der Waals surface area contributed by atoms with Crippen molar-refractivity contribution < 1.29 is 9.53 Å². The van der Waals surface area contributed by atoms with E-state index < -0.39 is 0 Å². The second-order valence-corrected chi connectivity index (χ2v) is 7.09. The first-order valence-electron chi connectivity index (χ1n) is 7.39. The number of aryl methyl sites for hydroxylation is 1. The third-order valence-electron chi connectivity index (χ3n) is 3.79. The summed E-state index contributed by atoms with van der Waals surface area (Å²) in [5.74, 6) is 0.140. The van der Waals surface area contributed by atoms with Gasteiger partial charge in [0.05, 0.1) is 16.6 Å². The molecule has 1 amide bonds. The van der Waals surface area contributed by atoms with E-state index in [1.165, 1.54) is 11.3 Å². The molecule has 1 aliphatic heterocycles. The van der Waals surface area contributed by atoms with Gasteiger partial charge in [-0.15, -0.1) is 0 Å². The molecule has 1 atom stereocenters. The summed E-state index contributed by atoms with van der Waals surface area (Å²) in [5, 5.41) is 3.60. The Balaban J connectivity index is 1.48. The summed E-state index contributed by atoms with van der Waals surface area (Å²) in [4.78, 5) is 18.3. The summed E-state index contributed by atoms with van der Waals surface area (Å²) >= 11 is 13.4. The minimum Gasteiger partial charge on any atom is -0.465 e. The van der Waals surface area contributed by atoms with E-state index in [-0.39, 0.29) is 12.0 Å². The van der Waals surface area contributed by atoms with Crippen LogP contribution in [0.3, 0.4) is 0 Å². The van der Waals surface area contributed by atoms with Gasteiger partial charge in [0.2, 0.25) is 5.91 Å². The summed E-state index contributed by atoms with van der Waals surface area (Å²) in [7, 11) is 0. The van der Waals surface area contributed by atoms with Gasteiger partial charge in [-0.3, -0.25) is 4.79 Å². The Morgan fingerprint density at radius 3 is 3.00 bits per heavy atom. The van der Waals surface area contributed by atoms with Crippen molar-refractivity contribution >= 4 is 40.4 Å². The van der Waals surface area contributed by atoms with E-state index in [1.807, 2.05) is 22.4 Å². The molecule has 1 aromatic heterocycles. The second kappa shape index (κ2) is 7.51. The summed E-state index contributed by atoms with van der Waals surface area (Å²) in [6, 6.07) is 5.48. The Morgan fingerprint density at radius 2 is 2.26 bits per heavy atom. The first-order valence-corrected chi connectivity index (χ1v) is 9.03. The van der Waals surface area contributed by atoms with Gasteiger partial charge in [0, 0.05) is 31.0 Å². The third kappa shape index (κ3) is 4.37. The van der Waals surface area contributed by atoms with Crippen LogP contribution in [-0.4, -0.2) is 35.0 Å². The predicted octanol–water partition coefficient (Wildman–Crippen LogP) is 4.06. The van der Waals surface area contributed by atoms with Gasteiger partial charge in [0.25, 0.3) is 5.19 Å². The standard InChI is InChI=1S/C16H16Cl2N2O2S/c17-13-3-1-11(9-14(13)18)2-4-15(21)20-7-5-12(10-20)22-16-19-6-8-23-16/h1,3,6,8-9,12H,2,4-5,7,10H2. The number of benzene rings is 1. The minimum absolute atomic E-state index is 0.0371. The molecule has 23 heavy (non-hydrogen) atoms. The minimum atomic E-state index is 0.0371. The number of rotatable bonds is 5. The zero-order valence-electron chi connectivity index (χ0n) is 12.4. The number of nitrogens with zero attached hydrogens (tertiary/aromatic N) is 2. The largest absolute Gasteiger partial charge is 0.465 e. The molecule has 0 spiro atoms. The van der Waals surface area contributed by atoms with E-state index in [0.29, 0.717) is 34.6 Å². The Kier molecular flexibility index (Phi) is 5.41. The van der Waals surface area contributed by atoms with Crippen molar-refractivity contribution in [3.8, 4) is 5.19 Å². The predicted molar refractivity (Wildman–Crippen MR) is 92.5 cm³/mol. The number of amides is 1. The number of likely N-dealkylation sites (tertiary alicyclic amines) is 1. The van der Waals surface area contributed by atoms with Gasteiger partial charge in [0.15, 0.2) is 0 Å². The van der Waals surface area contributed by atoms with Gasteiger partial charge in [-0.1, -0.05) is 40.6 Å². The molecule has 1 saturated heterocycles. The fraction of sp³-hybridized carbons (Fsp3) is 0.375. The van der Waals surface area contributed by atoms with Crippen molar-refractivity contribution in [2.45, 2.75) is 25.4 Å². The van der Waals surface area contributed by atoms with Crippen LogP contribution in [0.25, 0.3) is 0 Å². The molecule has 1 unspecified atom stereocenters. The number of carbonyl (C=O) groups is 1. The summed E-state index contributed by atoms with van der Waals surface area (Å²) in [6.45, 7) is 1.36. The van der Waals surface area contributed by atoms with Crippen LogP contribution in [0, 0.1) is 0 Å². The van der Waals surface area contributed by atoms with Gasteiger partial charge >= 0.3 is 0 Å². The highest BCUT2D eigenvalue weighted by Crippen LogP contribution is 2.24. The number of halogens is 2. The van der Waals surface area contributed by atoms with Crippen molar-refractivity contribution in [2.75, 3.05) is 13.1 Å². The van der Waals surface area contributed by atoms with Crippen molar-refractivity contribution in [3.63, 3.8) is 0 Å². The van der Waals surface area contributed by atoms with Crippen LogP contribution in [0.4, 0.5) is 0 Å². The topological polar surface area (TPSA) is 42.4 Å². The molecule has 0 aliphatic carbocycles. The first-order chi connectivity index (χ1) is 11.1. The number of ether oxygens (including phenoxy) is 1. The lowest BCUT2D eigenvalue weighted by atomic mass is 10.1. The molecular formula is C16H16Cl2N2O2S. The van der Waals surface area contributed by atoms with Gasteiger partial charge in [-0.05, 0) is 24.1 Å². The Labute approximate surface area is 149 Å². The van der Waals surface area contributed by atoms with Crippen molar-refractivity contribution in [3.05, 3.63) is 45.4 Å². The molecule has 122 valence electrons. The molecule has 2 heterocycles. The molecule has 1 aromatic carbocycles. The van der Waals surface area contributed by atoms with Crippen molar-refractivity contribution in [2.24, 2.45) is 0 Å². The van der Waals surface area contributed by atoms with E-state index in [1.54, 1.807) is 12.3 Å². The van der Waals surface area contributed by atoms with Crippen LogP contribution in [0.5, 0.6) is 5.19 Å². The van der Waals surface area contributed by atoms with Gasteiger partial charge in [0.1, 0.15) is 6.10 Å². The number of thiazole rings is 1. The molecule has 4 nitrogen and oxygen atoms in total. The second-order valence-electron chi connectivity index (χ2n) is 5.41. The van der Waals surface area contributed by atoms with Crippen molar-refractivity contribution in [1.29, 1.82) is 0 Å². The number of aromatic nitrogens is 1. The van der Waals surface area contributed by atoms with Gasteiger partial charge < -0.3 is 9.64 Å². The number of hydrogen-bond donors (Lipinski definition) is 0. The summed E-state index contributed by atoms with van der Waals surface area (Å²) in [6.07, 6.45) is 3.72. The van der Waals surface area contributed by atoms with Crippen LogP contribution in [0.1, 0.15) is 18.4 Å². The zero-order chi connectivity index (χ0) is 16.2. The Morgan fingerprint density at radius 1 is 1.39 bits per heavy atom. The monoisotopic (exact) mass is 370 g/mol.